The predicted octanol–water partition coefficient (Wildman–Crippen LogP) is 4.96. The number of piperidine rings is 1. The van der Waals surface area contributed by atoms with Crippen LogP contribution in [0.5, 0.6) is 0 Å². The second-order valence-corrected chi connectivity index (χ2v) is 10.8. The molecule has 3 aromatic rings. The van der Waals surface area contributed by atoms with Crippen molar-refractivity contribution in [1.82, 2.24) is 15.3 Å². The Bertz CT molecular complexity index is 1160. The highest BCUT2D eigenvalue weighted by molar-refractivity contribution is 7.80. The topological polar surface area (TPSA) is 59.6 Å². The van der Waals surface area contributed by atoms with Gasteiger partial charge in [-0.2, -0.15) is 9.97 Å². The first-order chi connectivity index (χ1) is 18.6. The molecule has 0 aliphatic carbocycles. The molecular weight excluding hydrogens is 490 g/mol. The molecule has 2 saturated heterocycles. The van der Waals surface area contributed by atoms with E-state index in [2.05, 4.69) is 99.0 Å². The Hall–Kier alpha value is -3.39. The average molecular weight is 530 g/mol. The minimum Gasteiger partial charge on any atom is -0.368 e. The van der Waals surface area contributed by atoms with E-state index in [0.29, 0.717) is 11.1 Å². The van der Waals surface area contributed by atoms with Gasteiger partial charge in [-0.25, -0.2) is 0 Å². The SMILES string of the molecule is CC1CCN(c2cc(N3CCN(c4ccccc4)CC3)nc(NC(=S)NCCCc3ccccc3)n2)CC1. The van der Waals surface area contributed by atoms with E-state index < -0.39 is 0 Å². The lowest BCUT2D eigenvalue weighted by molar-refractivity contribution is 0.436. The van der Waals surface area contributed by atoms with Crippen LogP contribution in [-0.2, 0) is 6.42 Å². The number of hydrogen-bond donors (Lipinski definition) is 2. The van der Waals surface area contributed by atoms with Gasteiger partial charge in [-0.1, -0.05) is 55.5 Å². The van der Waals surface area contributed by atoms with Gasteiger partial charge in [0.1, 0.15) is 11.6 Å². The van der Waals surface area contributed by atoms with E-state index >= 15 is 0 Å². The van der Waals surface area contributed by atoms with Crippen LogP contribution in [0.3, 0.4) is 0 Å². The summed E-state index contributed by atoms with van der Waals surface area (Å²) in [6.45, 7) is 8.97. The summed E-state index contributed by atoms with van der Waals surface area (Å²) in [5.74, 6) is 3.29. The summed E-state index contributed by atoms with van der Waals surface area (Å²) in [4.78, 5) is 17.0. The van der Waals surface area contributed by atoms with Gasteiger partial charge >= 0.3 is 0 Å². The molecule has 0 bridgehead atoms. The molecule has 0 amide bonds. The highest BCUT2D eigenvalue weighted by atomic mass is 32.1. The smallest absolute Gasteiger partial charge is 0.232 e. The first-order valence-corrected chi connectivity index (χ1v) is 14.3. The van der Waals surface area contributed by atoms with E-state index in [4.69, 9.17) is 22.2 Å². The molecule has 200 valence electrons. The van der Waals surface area contributed by atoms with E-state index in [1.54, 1.807) is 0 Å². The number of nitrogens with zero attached hydrogens (tertiary/aromatic N) is 5. The highest BCUT2D eigenvalue weighted by Crippen LogP contribution is 2.27. The van der Waals surface area contributed by atoms with Gasteiger partial charge in [0, 0.05) is 57.6 Å². The number of piperazine rings is 1. The lowest BCUT2D eigenvalue weighted by Crippen LogP contribution is -2.47. The molecule has 3 heterocycles. The summed E-state index contributed by atoms with van der Waals surface area (Å²) in [5.41, 5.74) is 2.63. The number of para-hydroxylation sites is 1. The van der Waals surface area contributed by atoms with Gasteiger partial charge in [0.15, 0.2) is 5.11 Å². The Morgan fingerprint density at radius 3 is 2.05 bits per heavy atom. The average Bonchev–Trinajstić information content (AvgIpc) is 2.97. The van der Waals surface area contributed by atoms with Crippen LogP contribution in [0.1, 0.15) is 31.7 Å². The van der Waals surface area contributed by atoms with Crippen LogP contribution in [0.2, 0.25) is 0 Å². The predicted molar refractivity (Wildman–Crippen MR) is 162 cm³/mol. The Kier molecular flexibility index (Phi) is 8.91. The molecule has 5 rings (SSSR count). The zero-order chi connectivity index (χ0) is 26.2. The molecule has 2 aliphatic rings. The summed E-state index contributed by atoms with van der Waals surface area (Å²) < 4.78 is 0. The second kappa shape index (κ2) is 12.9. The number of rotatable bonds is 8. The van der Waals surface area contributed by atoms with Gasteiger partial charge in [0.05, 0.1) is 0 Å². The molecule has 8 heteroatoms. The lowest BCUT2D eigenvalue weighted by Gasteiger charge is -2.37. The summed E-state index contributed by atoms with van der Waals surface area (Å²) in [6.07, 6.45) is 4.42. The molecule has 1 aromatic heterocycles. The lowest BCUT2D eigenvalue weighted by atomic mass is 9.99. The maximum absolute atomic E-state index is 5.61. The van der Waals surface area contributed by atoms with Gasteiger partial charge in [-0.05, 0) is 61.5 Å². The Labute approximate surface area is 232 Å². The Morgan fingerprint density at radius 1 is 0.816 bits per heavy atom. The first-order valence-electron chi connectivity index (χ1n) is 13.9. The minimum atomic E-state index is 0.571. The van der Waals surface area contributed by atoms with Crippen LogP contribution < -0.4 is 25.3 Å². The zero-order valence-electron chi connectivity index (χ0n) is 22.4. The van der Waals surface area contributed by atoms with Crippen molar-refractivity contribution >= 4 is 40.6 Å². The van der Waals surface area contributed by atoms with E-state index in [-0.39, 0.29) is 0 Å². The van der Waals surface area contributed by atoms with E-state index in [9.17, 15) is 0 Å². The number of aryl methyl sites for hydroxylation is 1. The quantitative estimate of drug-likeness (QED) is 0.314. The van der Waals surface area contributed by atoms with Crippen molar-refractivity contribution in [3.05, 3.63) is 72.3 Å². The standard InChI is InChI=1S/C30H39N7S/c1-24-14-17-36(18-15-24)27-23-28(37-21-19-35(20-22-37)26-12-6-3-7-13-26)33-29(32-27)34-30(38)31-16-8-11-25-9-4-2-5-10-25/h2-7,9-10,12-13,23-24H,8,11,14-22H2,1H3,(H2,31,32,33,34,38). The number of thiocarbonyl (C=S) groups is 1. The molecule has 2 aliphatic heterocycles. The van der Waals surface area contributed by atoms with Gasteiger partial charge in [0.2, 0.25) is 5.95 Å². The van der Waals surface area contributed by atoms with Crippen LogP contribution in [-0.4, -0.2) is 60.9 Å². The van der Waals surface area contributed by atoms with E-state index in [0.717, 1.165) is 76.2 Å². The van der Waals surface area contributed by atoms with Gasteiger partial charge in [-0.3, -0.25) is 0 Å². The number of aromatic nitrogens is 2. The van der Waals surface area contributed by atoms with Crippen molar-refractivity contribution < 1.29 is 0 Å². The number of benzene rings is 2. The molecule has 7 nitrogen and oxygen atoms in total. The maximum Gasteiger partial charge on any atom is 0.232 e. The van der Waals surface area contributed by atoms with Crippen molar-refractivity contribution in [2.75, 3.05) is 65.8 Å². The number of nitrogens with one attached hydrogen (secondary N) is 2. The number of anilines is 4. The minimum absolute atomic E-state index is 0.571. The summed E-state index contributed by atoms with van der Waals surface area (Å²) in [6, 6.07) is 23.4. The fraction of sp³-hybridized carbons (Fsp3) is 0.433. The summed E-state index contributed by atoms with van der Waals surface area (Å²) in [5, 5.41) is 7.18. The largest absolute Gasteiger partial charge is 0.368 e. The molecule has 2 N–H and O–H groups in total. The first kappa shape index (κ1) is 26.2. The van der Waals surface area contributed by atoms with Crippen molar-refractivity contribution in [3.8, 4) is 0 Å². The van der Waals surface area contributed by atoms with Crippen LogP contribution >= 0.6 is 12.2 Å². The van der Waals surface area contributed by atoms with E-state index in [1.165, 1.54) is 24.1 Å². The monoisotopic (exact) mass is 529 g/mol. The van der Waals surface area contributed by atoms with Crippen molar-refractivity contribution in [3.63, 3.8) is 0 Å². The normalized spacial score (nSPS) is 16.4. The third-order valence-electron chi connectivity index (χ3n) is 7.53. The molecule has 0 atom stereocenters. The summed E-state index contributed by atoms with van der Waals surface area (Å²) >= 11 is 5.61. The fourth-order valence-corrected chi connectivity index (χ4v) is 5.35. The second-order valence-electron chi connectivity index (χ2n) is 10.4. The molecule has 0 spiro atoms. The van der Waals surface area contributed by atoms with Crippen molar-refractivity contribution in [1.29, 1.82) is 0 Å². The molecule has 0 unspecified atom stereocenters. The maximum atomic E-state index is 5.61. The number of hydrogen-bond acceptors (Lipinski definition) is 6. The molecule has 0 radical (unpaired) electrons. The molecule has 2 aromatic carbocycles. The van der Waals surface area contributed by atoms with Crippen molar-refractivity contribution in [2.45, 2.75) is 32.6 Å². The third kappa shape index (κ3) is 7.13. The molecule has 38 heavy (non-hydrogen) atoms. The van der Waals surface area contributed by atoms with E-state index in [1.807, 2.05) is 0 Å². The zero-order valence-corrected chi connectivity index (χ0v) is 23.2. The van der Waals surface area contributed by atoms with Gasteiger partial charge < -0.3 is 25.3 Å². The Morgan fingerprint density at radius 2 is 1.39 bits per heavy atom. The van der Waals surface area contributed by atoms with Gasteiger partial charge in [-0.15, -0.1) is 0 Å². The van der Waals surface area contributed by atoms with Crippen LogP contribution in [0.4, 0.5) is 23.3 Å². The molecule has 0 saturated carbocycles. The van der Waals surface area contributed by atoms with Gasteiger partial charge in [0.25, 0.3) is 0 Å². The third-order valence-corrected chi connectivity index (χ3v) is 7.77. The van der Waals surface area contributed by atoms with Crippen LogP contribution in [0.25, 0.3) is 0 Å². The summed E-state index contributed by atoms with van der Waals surface area (Å²) in [7, 11) is 0. The van der Waals surface area contributed by atoms with Crippen LogP contribution in [0, 0.1) is 5.92 Å². The molecular formula is C30H39N7S. The molecule has 2 fully saturated rings. The highest BCUT2D eigenvalue weighted by Gasteiger charge is 2.23. The van der Waals surface area contributed by atoms with Crippen LogP contribution in [0.15, 0.2) is 66.7 Å². The Balaban J connectivity index is 1.23. The van der Waals surface area contributed by atoms with Crippen molar-refractivity contribution in [2.24, 2.45) is 5.92 Å². The fourth-order valence-electron chi connectivity index (χ4n) is 5.16.